The van der Waals surface area contributed by atoms with Gasteiger partial charge in [-0.2, -0.15) is 5.10 Å². The van der Waals surface area contributed by atoms with Gasteiger partial charge in [-0.15, -0.1) is 0 Å². The zero-order valence-electron chi connectivity index (χ0n) is 16.0. The van der Waals surface area contributed by atoms with E-state index in [4.69, 9.17) is 4.74 Å². The van der Waals surface area contributed by atoms with Crippen molar-refractivity contribution >= 4 is 5.91 Å². The summed E-state index contributed by atoms with van der Waals surface area (Å²) < 4.78 is 5.55. The predicted octanol–water partition coefficient (Wildman–Crippen LogP) is 4.14. The van der Waals surface area contributed by atoms with Crippen LogP contribution in [0.4, 0.5) is 0 Å². The molecule has 0 fully saturated rings. The summed E-state index contributed by atoms with van der Waals surface area (Å²) in [6, 6.07) is 14.6. The number of H-pyrrole nitrogens is 1. The first-order valence-corrected chi connectivity index (χ1v) is 9.56. The molecule has 0 saturated heterocycles. The molecular formula is C22H23N3O3. The largest absolute Gasteiger partial charge is 0.507 e. The van der Waals surface area contributed by atoms with Crippen molar-refractivity contribution in [2.24, 2.45) is 0 Å². The lowest BCUT2D eigenvalue weighted by molar-refractivity contribution is 0.0744. The molecule has 0 spiro atoms. The van der Waals surface area contributed by atoms with E-state index in [1.54, 1.807) is 12.1 Å². The van der Waals surface area contributed by atoms with E-state index in [2.05, 4.69) is 17.1 Å². The third-order valence-corrected chi connectivity index (χ3v) is 4.99. The number of nitrogens with zero attached hydrogens (tertiary/aromatic N) is 2. The Morgan fingerprint density at radius 1 is 1.14 bits per heavy atom. The van der Waals surface area contributed by atoms with Crippen LogP contribution in [0.15, 0.2) is 48.5 Å². The molecule has 1 aliphatic rings. The van der Waals surface area contributed by atoms with Crippen LogP contribution in [0.1, 0.15) is 47.9 Å². The number of amides is 1. The van der Waals surface area contributed by atoms with Crippen LogP contribution >= 0.6 is 0 Å². The van der Waals surface area contributed by atoms with Crippen LogP contribution in [0.2, 0.25) is 0 Å². The minimum Gasteiger partial charge on any atom is -0.507 e. The average Bonchev–Trinajstić information content (AvgIpc) is 3.24. The highest BCUT2D eigenvalue weighted by Gasteiger charge is 2.42. The Kier molecular flexibility index (Phi) is 4.77. The minimum absolute atomic E-state index is 0.0649. The van der Waals surface area contributed by atoms with E-state index in [1.807, 2.05) is 48.2 Å². The van der Waals surface area contributed by atoms with Crippen LogP contribution in [-0.4, -0.2) is 39.3 Å². The van der Waals surface area contributed by atoms with Crippen LogP contribution in [-0.2, 0) is 0 Å². The number of aromatic nitrogens is 2. The number of aromatic hydroxyl groups is 1. The number of nitrogens with one attached hydrogen (secondary N) is 1. The lowest BCUT2D eigenvalue weighted by atomic mass is 9.95. The highest BCUT2D eigenvalue weighted by Crippen LogP contribution is 2.44. The molecule has 144 valence electrons. The Morgan fingerprint density at radius 2 is 1.89 bits per heavy atom. The zero-order chi connectivity index (χ0) is 19.7. The molecule has 6 heteroatoms. The van der Waals surface area contributed by atoms with Crippen LogP contribution in [0.25, 0.3) is 11.3 Å². The topological polar surface area (TPSA) is 78.5 Å². The number of ether oxygens (including phenoxy) is 1. The molecule has 3 aromatic rings. The number of hydrogen-bond acceptors (Lipinski definition) is 4. The number of fused-ring (bicyclic) bond motifs is 1. The van der Waals surface area contributed by atoms with Crippen LogP contribution in [0.5, 0.6) is 11.5 Å². The van der Waals surface area contributed by atoms with Gasteiger partial charge in [-0.1, -0.05) is 31.2 Å². The first-order valence-electron chi connectivity index (χ1n) is 9.56. The second-order valence-electron chi connectivity index (χ2n) is 6.78. The van der Waals surface area contributed by atoms with Gasteiger partial charge in [0.15, 0.2) is 0 Å². The van der Waals surface area contributed by atoms with E-state index in [0.29, 0.717) is 30.1 Å². The van der Waals surface area contributed by atoms with Gasteiger partial charge in [0.05, 0.1) is 12.6 Å². The number of phenolic OH excluding ortho intramolecular Hbond substituents is 1. The predicted molar refractivity (Wildman–Crippen MR) is 106 cm³/mol. The molecule has 0 radical (unpaired) electrons. The van der Waals surface area contributed by atoms with Crippen molar-refractivity contribution < 1.29 is 14.6 Å². The van der Waals surface area contributed by atoms with E-state index >= 15 is 0 Å². The maximum atomic E-state index is 13.0. The molecule has 1 amide bonds. The van der Waals surface area contributed by atoms with E-state index < -0.39 is 0 Å². The van der Waals surface area contributed by atoms with Gasteiger partial charge in [-0.3, -0.25) is 9.89 Å². The summed E-state index contributed by atoms with van der Waals surface area (Å²) in [5.41, 5.74) is 3.51. The lowest BCUT2D eigenvalue weighted by Gasteiger charge is -2.26. The van der Waals surface area contributed by atoms with Crippen molar-refractivity contribution in [3.8, 4) is 22.8 Å². The Labute approximate surface area is 163 Å². The summed E-state index contributed by atoms with van der Waals surface area (Å²) in [5, 5.41) is 17.6. The fraction of sp³-hybridized carbons (Fsp3) is 0.273. The monoisotopic (exact) mass is 377 g/mol. The number of hydrogen-bond donors (Lipinski definition) is 2. The van der Waals surface area contributed by atoms with E-state index in [-0.39, 0.29) is 17.7 Å². The first-order chi connectivity index (χ1) is 13.7. The summed E-state index contributed by atoms with van der Waals surface area (Å²) in [5.74, 6) is 0.875. The Morgan fingerprint density at radius 3 is 2.57 bits per heavy atom. The first kappa shape index (κ1) is 18.1. The van der Waals surface area contributed by atoms with Crippen LogP contribution in [0.3, 0.4) is 0 Å². The van der Waals surface area contributed by atoms with Gasteiger partial charge in [0.25, 0.3) is 5.91 Å². The van der Waals surface area contributed by atoms with Gasteiger partial charge in [0.1, 0.15) is 22.9 Å². The number of carbonyl (C=O) groups is 1. The summed E-state index contributed by atoms with van der Waals surface area (Å²) >= 11 is 0. The molecule has 2 heterocycles. The molecule has 4 rings (SSSR count). The van der Waals surface area contributed by atoms with Gasteiger partial charge in [0.2, 0.25) is 0 Å². The summed E-state index contributed by atoms with van der Waals surface area (Å²) in [7, 11) is 0. The van der Waals surface area contributed by atoms with E-state index in [9.17, 15) is 9.90 Å². The number of aromatic amines is 1. The van der Waals surface area contributed by atoms with Gasteiger partial charge in [0, 0.05) is 17.7 Å². The smallest absolute Gasteiger partial charge is 0.273 e. The highest BCUT2D eigenvalue weighted by molar-refractivity contribution is 6.00. The molecule has 2 aromatic carbocycles. The zero-order valence-corrected chi connectivity index (χ0v) is 16.0. The quantitative estimate of drug-likeness (QED) is 0.677. The van der Waals surface area contributed by atoms with Crippen molar-refractivity contribution in [1.29, 1.82) is 0 Å². The SMILES string of the molecule is CCCN1C(=O)c2[nH]nc(-c3ccccc3O)c2[C@H]1c1ccc(OCC)cc1. The van der Waals surface area contributed by atoms with Gasteiger partial charge in [-0.25, -0.2) is 0 Å². The molecule has 0 bridgehead atoms. The minimum atomic E-state index is -0.258. The molecule has 0 unspecified atom stereocenters. The van der Waals surface area contributed by atoms with Crippen molar-refractivity contribution in [3.05, 3.63) is 65.4 Å². The van der Waals surface area contributed by atoms with Crippen LogP contribution in [0, 0.1) is 0 Å². The van der Waals surface area contributed by atoms with Crippen LogP contribution < -0.4 is 4.74 Å². The summed E-state index contributed by atoms with van der Waals surface area (Å²) in [6.07, 6.45) is 0.850. The second-order valence-corrected chi connectivity index (χ2v) is 6.78. The number of benzene rings is 2. The maximum Gasteiger partial charge on any atom is 0.273 e. The second kappa shape index (κ2) is 7.38. The van der Waals surface area contributed by atoms with Crippen molar-refractivity contribution in [1.82, 2.24) is 15.1 Å². The Hall–Kier alpha value is -3.28. The fourth-order valence-electron chi connectivity index (χ4n) is 3.81. The van der Waals surface area contributed by atoms with Crippen molar-refractivity contribution in [2.75, 3.05) is 13.2 Å². The molecule has 0 saturated carbocycles. The van der Waals surface area contributed by atoms with Gasteiger partial charge >= 0.3 is 0 Å². The summed E-state index contributed by atoms with van der Waals surface area (Å²) in [4.78, 5) is 14.9. The molecular weight excluding hydrogens is 354 g/mol. The lowest BCUT2D eigenvalue weighted by Crippen LogP contribution is -2.30. The molecule has 1 atom stereocenters. The third kappa shape index (κ3) is 2.91. The Balaban J connectivity index is 1.84. The number of para-hydroxylation sites is 1. The average molecular weight is 377 g/mol. The van der Waals surface area contributed by atoms with Gasteiger partial charge in [-0.05, 0) is 43.2 Å². The normalized spacial score (nSPS) is 15.7. The maximum absolute atomic E-state index is 13.0. The summed E-state index contributed by atoms with van der Waals surface area (Å²) in [6.45, 7) is 5.24. The Bertz CT molecular complexity index is 995. The third-order valence-electron chi connectivity index (χ3n) is 4.99. The number of phenols is 1. The van der Waals surface area contributed by atoms with Crippen molar-refractivity contribution in [2.45, 2.75) is 26.3 Å². The molecule has 1 aliphatic heterocycles. The molecule has 1 aromatic heterocycles. The van der Waals surface area contributed by atoms with Gasteiger partial charge < -0.3 is 14.7 Å². The van der Waals surface area contributed by atoms with Crippen molar-refractivity contribution in [3.63, 3.8) is 0 Å². The molecule has 6 nitrogen and oxygen atoms in total. The fourth-order valence-corrected chi connectivity index (χ4v) is 3.81. The van der Waals surface area contributed by atoms with E-state index in [1.165, 1.54) is 0 Å². The molecule has 0 aliphatic carbocycles. The molecule has 2 N–H and O–H groups in total. The van der Waals surface area contributed by atoms with E-state index in [0.717, 1.165) is 23.3 Å². The highest BCUT2D eigenvalue weighted by atomic mass is 16.5. The number of carbonyl (C=O) groups excluding carboxylic acids is 1. The number of rotatable bonds is 6. The molecule has 28 heavy (non-hydrogen) atoms. The standard InChI is InChI=1S/C22H23N3O3/c1-3-13-25-21(14-9-11-15(12-10-14)28-4-2)18-19(23-24-20(18)22(25)27)16-7-5-6-8-17(16)26/h5-12,21,26H,3-4,13H2,1-2H3,(H,23,24)/t21-/m1/s1.